The van der Waals surface area contributed by atoms with E-state index >= 15 is 0 Å². The van der Waals surface area contributed by atoms with E-state index in [4.69, 9.17) is 9.72 Å². The largest absolute Gasteiger partial charge is 0.393 e. The number of anilines is 2. The lowest BCUT2D eigenvalue weighted by molar-refractivity contribution is 0.0437. The summed E-state index contributed by atoms with van der Waals surface area (Å²) in [5.41, 5.74) is 0. The third-order valence-corrected chi connectivity index (χ3v) is 4.64. The zero-order valence-electron chi connectivity index (χ0n) is 14.0. The molecule has 3 rings (SSSR count). The van der Waals surface area contributed by atoms with Crippen molar-refractivity contribution in [1.82, 2.24) is 9.97 Å². The summed E-state index contributed by atoms with van der Waals surface area (Å²) in [6, 6.07) is 1.97. The zero-order chi connectivity index (χ0) is 16.1. The average molecular weight is 320 g/mol. The second-order valence-electron chi connectivity index (χ2n) is 6.51. The quantitative estimate of drug-likeness (QED) is 0.893. The Hall–Kier alpha value is -1.40. The summed E-state index contributed by atoms with van der Waals surface area (Å²) < 4.78 is 5.91. The highest BCUT2D eigenvalue weighted by molar-refractivity contribution is 5.44. The summed E-state index contributed by atoms with van der Waals surface area (Å²) in [7, 11) is 0. The highest BCUT2D eigenvalue weighted by atomic mass is 16.5. The van der Waals surface area contributed by atoms with Gasteiger partial charge in [-0.1, -0.05) is 6.92 Å². The molecular formula is C17H28N4O2. The van der Waals surface area contributed by atoms with Crippen LogP contribution in [0.15, 0.2) is 12.3 Å². The van der Waals surface area contributed by atoms with Crippen molar-refractivity contribution in [2.24, 2.45) is 0 Å². The molecular weight excluding hydrogens is 292 g/mol. The molecule has 1 aromatic rings. The van der Waals surface area contributed by atoms with Crippen molar-refractivity contribution in [3.05, 3.63) is 12.3 Å². The van der Waals surface area contributed by atoms with Crippen LogP contribution in [-0.2, 0) is 4.74 Å². The Morgan fingerprint density at radius 3 is 2.83 bits per heavy atom. The Morgan fingerprint density at radius 1 is 1.22 bits per heavy atom. The van der Waals surface area contributed by atoms with Crippen molar-refractivity contribution in [3.8, 4) is 0 Å². The van der Waals surface area contributed by atoms with E-state index in [1.807, 2.05) is 12.3 Å². The molecule has 128 valence electrons. The van der Waals surface area contributed by atoms with Gasteiger partial charge in [-0.15, -0.1) is 0 Å². The molecule has 23 heavy (non-hydrogen) atoms. The lowest BCUT2D eigenvalue weighted by Crippen LogP contribution is -2.41. The molecule has 0 saturated carbocycles. The van der Waals surface area contributed by atoms with Crippen molar-refractivity contribution < 1.29 is 9.84 Å². The van der Waals surface area contributed by atoms with Crippen molar-refractivity contribution in [2.45, 2.75) is 51.2 Å². The molecule has 0 aromatic carbocycles. The summed E-state index contributed by atoms with van der Waals surface area (Å²) in [5, 5.41) is 9.65. The lowest BCUT2D eigenvalue weighted by atomic mass is 10.1. The van der Waals surface area contributed by atoms with E-state index in [-0.39, 0.29) is 6.10 Å². The van der Waals surface area contributed by atoms with Gasteiger partial charge < -0.3 is 19.6 Å². The van der Waals surface area contributed by atoms with E-state index in [0.717, 1.165) is 76.7 Å². The lowest BCUT2D eigenvalue weighted by Gasteiger charge is -2.34. The normalized spacial score (nSPS) is 23.3. The van der Waals surface area contributed by atoms with Gasteiger partial charge in [-0.2, -0.15) is 4.98 Å². The third kappa shape index (κ3) is 4.32. The Balaban J connectivity index is 1.64. The van der Waals surface area contributed by atoms with Gasteiger partial charge in [0.05, 0.1) is 12.2 Å². The zero-order valence-corrected chi connectivity index (χ0v) is 14.0. The number of ether oxygens (including phenoxy) is 1. The molecule has 1 atom stereocenters. The molecule has 0 amide bonds. The minimum atomic E-state index is -0.161. The van der Waals surface area contributed by atoms with Gasteiger partial charge in [-0.05, 0) is 38.2 Å². The number of aliphatic hydroxyl groups excluding tert-OH is 1. The summed E-state index contributed by atoms with van der Waals surface area (Å²) in [6.07, 6.45) is 6.92. The fraction of sp³-hybridized carbons (Fsp3) is 0.765. The Labute approximate surface area is 138 Å². The minimum Gasteiger partial charge on any atom is -0.393 e. The molecule has 2 fully saturated rings. The molecule has 1 aromatic heterocycles. The molecule has 0 radical (unpaired) electrons. The van der Waals surface area contributed by atoms with Crippen molar-refractivity contribution in [3.63, 3.8) is 0 Å². The van der Waals surface area contributed by atoms with E-state index in [9.17, 15) is 5.11 Å². The third-order valence-electron chi connectivity index (χ3n) is 4.64. The molecule has 2 saturated heterocycles. The topological polar surface area (TPSA) is 61.7 Å². The molecule has 0 spiro atoms. The predicted octanol–water partition coefficient (Wildman–Crippen LogP) is 1.83. The first-order valence-corrected chi connectivity index (χ1v) is 8.89. The fourth-order valence-electron chi connectivity index (χ4n) is 3.30. The van der Waals surface area contributed by atoms with E-state index in [1.54, 1.807) is 0 Å². The van der Waals surface area contributed by atoms with Crippen LogP contribution in [0.3, 0.4) is 0 Å². The minimum absolute atomic E-state index is 0.161. The number of rotatable bonds is 5. The molecule has 6 nitrogen and oxygen atoms in total. The second kappa shape index (κ2) is 7.93. The number of piperidine rings is 2. The number of aromatic nitrogens is 2. The van der Waals surface area contributed by atoms with Crippen molar-refractivity contribution in [2.75, 3.05) is 42.6 Å². The van der Waals surface area contributed by atoms with Gasteiger partial charge in [0.2, 0.25) is 5.95 Å². The number of nitrogens with zero attached hydrogens (tertiary/aromatic N) is 4. The second-order valence-corrected chi connectivity index (χ2v) is 6.51. The summed E-state index contributed by atoms with van der Waals surface area (Å²) >= 11 is 0. The van der Waals surface area contributed by atoms with Crippen LogP contribution in [0.4, 0.5) is 11.8 Å². The first-order valence-electron chi connectivity index (χ1n) is 8.89. The van der Waals surface area contributed by atoms with E-state index in [1.165, 1.54) is 0 Å². The molecule has 1 N–H and O–H groups in total. The molecule has 2 aliphatic heterocycles. The predicted molar refractivity (Wildman–Crippen MR) is 91.0 cm³/mol. The van der Waals surface area contributed by atoms with Gasteiger partial charge in [0.15, 0.2) is 0 Å². The van der Waals surface area contributed by atoms with Crippen molar-refractivity contribution in [1.29, 1.82) is 0 Å². The van der Waals surface area contributed by atoms with Crippen LogP contribution in [0.25, 0.3) is 0 Å². The Bertz CT molecular complexity index is 491. The van der Waals surface area contributed by atoms with E-state index in [2.05, 4.69) is 21.7 Å². The maximum absolute atomic E-state index is 9.65. The van der Waals surface area contributed by atoms with Gasteiger partial charge in [0, 0.05) is 39.0 Å². The van der Waals surface area contributed by atoms with Crippen LogP contribution in [0.2, 0.25) is 0 Å². The smallest absolute Gasteiger partial charge is 0.227 e. The van der Waals surface area contributed by atoms with Crippen LogP contribution in [-0.4, -0.2) is 60.1 Å². The maximum atomic E-state index is 9.65. The van der Waals surface area contributed by atoms with Gasteiger partial charge >= 0.3 is 0 Å². The van der Waals surface area contributed by atoms with Crippen LogP contribution in [0.5, 0.6) is 0 Å². The first-order chi connectivity index (χ1) is 11.3. The summed E-state index contributed by atoms with van der Waals surface area (Å²) in [6.45, 7) is 6.56. The number of aliphatic hydroxyl groups is 1. The van der Waals surface area contributed by atoms with E-state index in [0.29, 0.717) is 6.10 Å². The molecule has 1 unspecified atom stereocenters. The SMILES string of the molecule is CCCOC1CCCN(c2nccc(N3CCC(O)CC3)n2)C1. The molecule has 0 aliphatic carbocycles. The van der Waals surface area contributed by atoms with Crippen LogP contribution in [0.1, 0.15) is 39.0 Å². The van der Waals surface area contributed by atoms with Crippen LogP contribution >= 0.6 is 0 Å². The highest BCUT2D eigenvalue weighted by Crippen LogP contribution is 2.22. The van der Waals surface area contributed by atoms with Gasteiger partial charge in [-0.3, -0.25) is 0 Å². The first kappa shape index (κ1) is 16.5. The standard InChI is InChI=1S/C17H28N4O2/c1-2-12-23-15-4-3-9-21(13-15)17-18-8-5-16(19-17)20-10-6-14(22)7-11-20/h5,8,14-15,22H,2-4,6-7,9-13H2,1H3. The van der Waals surface area contributed by atoms with Gasteiger partial charge in [0.1, 0.15) is 5.82 Å². The van der Waals surface area contributed by atoms with Crippen LogP contribution in [0, 0.1) is 0 Å². The number of hydrogen-bond acceptors (Lipinski definition) is 6. The highest BCUT2D eigenvalue weighted by Gasteiger charge is 2.23. The maximum Gasteiger partial charge on any atom is 0.227 e. The molecule has 3 heterocycles. The Morgan fingerprint density at radius 2 is 2.04 bits per heavy atom. The molecule has 0 bridgehead atoms. The number of hydrogen-bond donors (Lipinski definition) is 1. The average Bonchev–Trinajstić information content (AvgIpc) is 2.61. The van der Waals surface area contributed by atoms with Gasteiger partial charge in [0.25, 0.3) is 0 Å². The van der Waals surface area contributed by atoms with E-state index < -0.39 is 0 Å². The Kier molecular flexibility index (Phi) is 5.67. The van der Waals surface area contributed by atoms with Crippen molar-refractivity contribution >= 4 is 11.8 Å². The summed E-state index contributed by atoms with van der Waals surface area (Å²) in [4.78, 5) is 13.7. The molecule has 2 aliphatic rings. The monoisotopic (exact) mass is 320 g/mol. The summed E-state index contributed by atoms with van der Waals surface area (Å²) in [5.74, 6) is 1.77. The fourth-order valence-corrected chi connectivity index (χ4v) is 3.30. The van der Waals surface area contributed by atoms with Gasteiger partial charge in [-0.25, -0.2) is 4.98 Å². The van der Waals surface area contributed by atoms with Crippen LogP contribution < -0.4 is 9.80 Å². The molecule has 6 heteroatoms.